The molecule has 0 heterocycles. The predicted octanol–water partition coefficient (Wildman–Crippen LogP) is 1.81. The molecule has 0 unspecified atom stereocenters. The van der Waals surface area contributed by atoms with E-state index < -0.39 is 6.17 Å². The van der Waals surface area contributed by atoms with Gasteiger partial charge in [0, 0.05) is 28.3 Å². The summed E-state index contributed by atoms with van der Waals surface area (Å²) in [6.45, 7) is 0.365. The number of halogens is 2. The third-order valence-electron chi connectivity index (χ3n) is 5.42. The standard InChI is InChI=1S/C17H26FIN2O3/c18-15-5-11(15)8-21(9-16(23)20-13-6-14(22)7-13)17(24)10-1-3-12(19)4-2-10/h10-15,22H,1-9H2,(H,20,23)/t10?,11-,12?,13?,14?,15-/m0/s1. The van der Waals surface area contributed by atoms with Crippen LogP contribution < -0.4 is 5.32 Å². The monoisotopic (exact) mass is 452 g/mol. The van der Waals surface area contributed by atoms with Crippen molar-refractivity contribution in [3.8, 4) is 0 Å². The zero-order chi connectivity index (χ0) is 17.3. The van der Waals surface area contributed by atoms with Crippen molar-refractivity contribution in [1.82, 2.24) is 10.2 Å². The fraction of sp³-hybridized carbons (Fsp3) is 0.882. The molecule has 0 radical (unpaired) electrons. The van der Waals surface area contributed by atoms with Gasteiger partial charge in [-0.25, -0.2) is 4.39 Å². The van der Waals surface area contributed by atoms with Crippen molar-refractivity contribution in [3.63, 3.8) is 0 Å². The van der Waals surface area contributed by atoms with Crippen LogP contribution in [0.2, 0.25) is 0 Å². The van der Waals surface area contributed by atoms with Crippen LogP contribution in [0.4, 0.5) is 4.39 Å². The van der Waals surface area contributed by atoms with Gasteiger partial charge in [0.15, 0.2) is 0 Å². The van der Waals surface area contributed by atoms with Gasteiger partial charge in [-0.1, -0.05) is 22.6 Å². The van der Waals surface area contributed by atoms with Gasteiger partial charge < -0.3 is 15.3 Å². The highest BCUT2D eigenvalue weighted by Crippen LogP contribution is 2.36. The summed E-state index contributed by atoms with van der Waals surface area (Å²) in [7, 11) is 0. The molecule has 0 saturated heterocycles. The first-order chi connectivity index (χ1) is 11.4. The molecule has 24 heavy (non-hydrogen) atoms. The third-order valence-corrected chi connectivity index (χ3v) is 6.67. The molecule has 136 valence electrons. The maximum atomic E-state index is 13.3. The van der Waals surface area contributed by atoms with E-state index in [1.807, 2.05) is 0 Å². The number of hydrogen-bond acceptors (Lipinski definition) is 3. The average molecular weight is 452 g/mol. The lowest BCUT2D eigenvalue weighted by Crippen LogP contribution is -2.51. The summed E-state index contributed by atoms with van der Waals surface area (Å²) in [6.07, 6.45) is 4.30. The quantitative estimate of drug-likeness (QED) is 0.477. The molecule has 0 bridgehead atoms. The molecule has 3 fully saturated rings. The van der Waals surface area contributed by atoms with Crippen LogP contribution in [0.25, 0.3) is 0 Å². The van der Waals surface area contributed by atoms with E-state index >= 15 is 0 Å². The number of rotatable bonds is 6. The maximum absolute atomic E-state index is 13.3. The minimum absolute atomic E-state index is 0.00811. The Morgan fingerprint density at radius 3 is 2.33 bits per heavy atom. The zero-order valence-electron chi connectivity index (χ0n) is 13.8. The molecule has 2 N–H and O–H groups in total. The van der Waals surface area contributed by atoms with Gasteiger partial charge >= 0.3 is 0 Å². The summed E-state index contributed by atoms with van der Waals surface area (Å²) < 4.78 is 13.9. The van der Waals surface area contributed by atoms with E-state index in [2.05, 4.69) is 27.9 Å². The highest BCUT2D eigenvalue weighted by molar-refractivity contribution is 14.1. The molecule has 3 aliphatic rings. The van der Waals surface area contributed by atoms with Crippen molar-refractivity contribution >= 4 is 34.4 Å². The fourth-order valence-electron chi connectivity index (χ4n) is 3.63. The molecular formula is C17H26FIN2O3. The lowest BCUT2D eigenvalue weighted by atomic mass is 9.88. The Kier molecular flexibility index (Phi) is 6.00. The number of amides is 2. The van der Waals surface area contributed by atoms with Crippen LogP contribution in [0.15, 0.2) is 0 Å². The molecule has 0 aromatic heterocycles. The molecule has 7 heteroatoms. The van der Waals surface area contributed by atoms with Gasteiger partial charge in [-0.15, -0.1) is 0 Å². The Hall–Kier alpha value is -0.440. The number of hydrogen-bond donors (Lipinski definition) is 2. The Morgan fingerprint density at radius 2 is 1.79 bits per heavy atom. The van der Waals surface area contributed by atoms with Crippen molar-refractivity contribution in [2.45, 2.75) is 67.2 Å². The first-order valence-electron chi connectivity index (χ1n) is 8.96. The highest BCUT2D eigenvalue weighted by atomic mass is 127. The second-order valence-electron chi connectivity index (χ2n) is 7.57. The number of carbonyl (C=O) groups excluding carboxylic acids is 2. The number of aliphatic hydroxyl groups excluding tert-OH is 1. The van der Waals surface area contributed by atoms with E-state index in [4.69, 9.17) is 0 Å². The van der Waals surface area contributed by atoms with Crippen molar-refractivity contribution in [1.29, 1.82) is 0 Å². The molecule has 0 aliphatic heterocycles. The molecule has 0 aromatic carbocycles. The third kappa shape index (κ3) is 4.80. The van der Waals surface area contributed by atoms with E-state index in [0.29, 0.717) is 29.7 Å². The van der Waals surface area contributed by atoms with Crippen molar-refractivity contribution in [2.75, 3.05) is 13.1 Å². The molecule has 2 amide bonds. The molecule has 5 nitrogen and oxygen atoms in total. The van der Waals surface area contributed by atoms with E-state index in [0.717, 1.165) is 25.7 Å². The first-order valence-corrected chi connectivity index (χ1v) is 10.2. The minimum Gasteiger partial charge on any atom is -0.393 e. The summed E-state index contributed by atoms with van der Waals surface area (Å²) in [5, 5.41) is 12.2. The fourth-order valence-corrected chi connectivity index (χ4v) is 4.34. The second-order valence-corrected chi connectivity index (χ2v) is 9.33. The van der Waals surface area contributed by atoms with Crippen LogP contribution in [0, 0.1) is 11.8 Å². The smallest absolute Gasteiger partial charge is 0.239 e. The van der Waals surface area contributed by atoms with Gasteiger partial charge in [-0.2, -0.15) is 0 Å². The summed E-state index contributed by atoms with van der Waals surface area (Å²) in [6, 6.07) is 0.00811. The largest absolute Gasteiger partial charge is 0.393 e. The van der Waals surface area contributed by atoms with Crippen molar-refractivity contribution in [2.24, 2.45) is 11.8 Å². The lowest BCUT2D eigenvalue weighted by molar-refractivity contribution is -0.141. The first kappa shape index (κ1) is 18.4. The van der Waals surface area contributed by atoms with Gasteiger partial charge in [0.25, 0.3) is 0 Å². The normalized spacial score (nSPS) is 38.1. The number of carbonyl (C=O) groups is 2. The van der Waals surface area contributed by atoms with Crippen molar-refractivity contribution < 1.29 is 19.1 Å². The summed E-state index contributed by atoms with van der Waals surface area (Å²) >= 11 is 2.43. The summed E-state index contributed by atoms with van der Waals surface area (Å²) in [4.78, 5) is 26.6. The number of nitrogens with one attached hydrogen (secondary N) is 1. The Morgan fingerprint density at radius 1 is 1.17 bits per heavy atom. The van der Waals surface area contributed by atoms with Crippen LogP contribution in [0.5, 0.6) is 0 Å². The van der Waals surface area contributed by atoms with Gasteiger partial charge in [0.1, 0.15) is 6.17 Å². The highest BCUT2D eigenvalue weighted by Gasteiger charge is 2.41. The molecule has 0 spiro atoms. The average Bonchev–Trinajstić information content (AvgIpc) is 3.20. The lowest BCUT2D eigenvalue weighted by Gasteiger charge is -2.34. The van der Waals surface area contributed by atoms with E-state index in [1.165, 1.54) is 0 Å². The van der Waals surface area contributed by atoms with E-state index in [1.54, 1.807) is 4.90 Å². The van der Waals surface area contributed by atoms with Gasteiger partial charge in [-0.3, -0.25) is 9.59 Å². The topological polar surface area (TPSA) is 69.6 Å². The van der Waals surface area contributed by atoms with Crippen LogP contribution in [0.3, 0.4) is 0 Å². The number of aliphatic hydroxyl groups is 1. The molecule has 0 aromatic rings. The van der Waals surface area contributed by atoms with Crippen LogP contribution in [-0.4, -0.2) is 57.2 Å². The minimum atomic E-state index is -0.824. The Balaban J connectivity index is 1.53. The van der Waals surface area contributed by atoms with E-state index in [-0.39, 0.29) is 42.3 Å². The predicted molar refractivity (Wildman–Crippen MR) is 96.5 cm³/mol. The Bertz CT molecular complexity index is 478. The Labute approximate surface area is 155 Å². The molecule has 3 saturated carbocycles. The van der Waals surface area contributed by atoms with Crippen LogP contribution in [-0.2, 0) is 9.59 Å². The molecular weight excluding hydrogens is 426 g/mol. The van der Waals surface area contributed by atoms with E-state index in [9.17, 15) is 19.1 Å². The molecule has 3 aliphatic carbocycles. The van der Waals surface area contributed by atoms with Gasteiger partial charge in [0.2, 0.25) is 11.8 Å². The van der Waals surface area contributed by atoms with Crippen LogP contribution in [0.1, 0.15) is 44.9 Å². The second kappa shape index (κ2) is 7.85. The SMILES string of the molecule is O=C(CN(C[C@@H]1C[C@@H]1F)C(=O)C1CCC(I)CC1)NC1CC(O)C1. The summed E-state index contributed by atoms with van der Waals surface area (Å²) in [5.41, 5.74) is 0. The maximum Gasteiger partial charge on any atom is 0.239 e. The molecule has 3 rings (SSSR count). The van der Waals surface area contributed by atoms with Gasteiger partial charge in [0.05, 0.1) is 12.6 Å². The number of nitrogens with zero attached hydrogens (tertiary/aromatic N) is 1. The van der Waals surface area contributed by atoms with Gasteiger partial charge in [-0.05, 0) is 44.9 Å². The zero-order valence-corrected chi connectivity index (χ0v) is 16.0. The van der Waals surface area contributed by atoms with Crippen molar-refractivity contribution in [3.05, 3.63) is 0 Å². The summed E-state index contributed by atoms with van der Waals surface area (Å²) in [5.74, 6) is -0.306. The van der Waals surface area contributed by atoms with Crippen LogP contribution >= 0.6 is 22.6 Å². The number of alkyl halides is 2. The molecule has 2 atom stereocenters.